The summed E-state index contributed by atoms with van der Waals surface area (Å²) in [6.45, 7) is 8.53. The Kier molecular flexibility index (Phi) is 6.68. The lowest BCUT2D eigenvalue weighted by atomic mass is 9.86. The van der Waals surface area contributed by atoms with Crippen molar-refractivity contribution in [2.24, 2.45) is 17.3 Å². The predicted molar refractivity (Wildman–Crippen MR) is 125 cm³/mol. The number of carbonyl (C=O) groups excluding carboxylic acids is 1. The van der Waals surface area contributed by atoms with Gasteiger partial charge in [0.1, 0.15) is 6.61 Å². The van der Waals surface area contributed by atoms with Crippen molar-refractivity contribution in [1.82, 2.24) is 9.88 Å². The van der Waals surface area contributed by atoms with Gasteiger partial charge in [-0.15, -0.1) is 6.58 Å². The van der Waals surface area contributed by atoms with E-state index < -0.39 is 0 Å². The van der Waals surface area contributed by atoms with E-state index in [1.54, 1.807) is 6.20 Å². The van der Waals surface area contributed by atoms with Gasteiger partial charge in [0.2, 0.25) is 5.88 Å². The normalized spacial score (nSPS) is 22.9. The molecule has 1 aromatic heterocycles. The Morgan fingerprint density at radius 2 is 2.06 bits per heavy atom. The van der Waals surface area contributed by atoms with Gasteiger partial charge < -0.3 is 20.1 Å². The van der Waals surface area contributed by atoms with E-state index in [2.05, 4.69) is 17.6 Å². The molecule has 32 heavy (non-hydrogen) atoms. The molecular weight excluding hydrogens is 402 g/mol. The fourth-order valence-corrected chi connectivity index (χ4v) is 4.98. The van der Waals surface area contributed by atoms with Gasteiger partial charge in [-0.3, -0.25) is 0 Å². The highest BCUT2D eigenvalue weighted by Crippen LogP contribution is 2.61. The Hall–Kier alpha value is -3.02. The molecule has 2 N–H and O–H groups in total. The number of aromatic nitrogens is 1. The van der Waals surface area contributed by atoms with Gasteiger partial charge in [-0.2, -0.15) is 0 Å². The number of hydrogen-bond donors (Lipinski definition) is 1. The number of hydrogen-bond acceptors (Lipinski definition) is 5. The summed E-state index contributed by atoms with van der Waals surface area (Å²) < 4.78 is 11.4. The third-order valence-corrected chi connectivity index (χ3v) is 7.01. The molecule has 1 saturated heterocycles. The Labute approximate surface area is 190 Å². The van der Waals surface area contributed by atoms with Crippen molar-refractivity contribution in [3.05, 3.63) is 66.4 Å². The minimum absolute atomic E-state index is 0.141. The Morgan fingerprint density at radius 3 is 2.75 bits per heavy atom. The highest BCUT2D eigenvalue weighted by Gasteiger charge is 2.55. The third kappa shape index (κ3) is 5.06. The lowest BCUT2D eigenvalue weighted by Gasteiger charge is -2.32. The maximum absolute atomic E-state index is 12.4. The van der Waals surface area contributed by atoms with Crippen LogP contribution in [0.4, 0.5) is 10.5 Å². The standard InChI is InChI=1S/C26H33N3O3/c1-3-26(11-14-31-24-19(2)15-22(27)17-28-24)16-23(26)21-9-12-29(13-10-21)25(30)32-18-20-7-5-4-6-8-20/h3-8,15,17,21,23H,1,9-14,16,18,27H2,2H3. The maximum atomic E-state index is 12.4. The van der Waals surface area contributed by atoms with E-state index in [-0.39, 0.29) is 11.5 Å². The minimum atomic E-state index is -0.210. The predicted octanol–water partition coefficient (Wildman–Crippen LogP) is 4.98. The molecule has 170 valence electrons. The number of likely N-dealkylation sites (tertiary alicyclic amines) is 1. The number of allylic oxidation sites excluding steroid dienone is 1. The number of anilines is 1. The summed E-state index contributed by atoms with van der Waals surface area (Å²) in [6.07, 6.45) is 7.65. The maximum Gasteiger partial charge on any atom is 0.410 e. The smallest absolute Gasteiger partial charge is 0.410 e. The molecule has 0 radical (unpaired) electrons. The van der Waals surface area contributed by atoms with Gasteiger partial charge >= 0.3 is 6.09 Å². The molecule has 1 aliphatic carbocycles. The molecular formula is C26H33N3O3. The Balaban J connectivity index is 1.21. The molecule has 1 aliphatic heterocycles. The molecule has 2 fully saturated rings. The second-order valence-corrected chi connectivity index (χ2v) is 9.10. The van der Waals surface area contributed by atoms with Crippen LogP contribution in [0.3, 0.4) is 0 Å². The van der Waals surface area contributed by atoms with Crippen LogP contribution in [-0.4, -0.2) is 35.7 Å². The Bertz CT molecular complexity index is 941. The van der Waals surface area contributed by atoms with Gasteiger partial charge in [0, 0.05) is 18.7 Å². The zero-order valence-corrected chi connectivity index (χ0v) is 18.8. The second-order valence-electron chi connectivity index (χ2n) is 9.10. The van der Waals surface area contributed by atoms with Gasteiger partial charge in [0.15, 0.2) is 0 Å². The van der Waals surface area contributed by atoms with Crippen molar-refractivity contribution < 1.29 is 14.3 Å². The highest BCUT2D eigenvalue weighted by molar-refractivity contribution is 5.67. The van der Waals surface area contributed by atoms with E-state index in [0.29, 0.717) is 36.6 Å². The van der Waals surface area contributed by atoms with Crippen molar-refractivity contribution in [2.45, 2.75) is 39.2 Å². The van der Waals surface area contributed by atoms with Crippen LogP contribution in [0.25, 0.3) is 0 Å². The van der Waals surface area contributed by atoms with Gasteiger partial charge in [0.25, 0.3) is 0 Å². The van der Waals surface area contributed by atoms with E-state index in [1.165, 1.54) is 0 Å². The SMILES string of the molecule is C=CC1(CCOc2ncc(N)cc2C)CC1C1CCN(C(=O)OCc2ccccc2)CC1. The second kappa shape index (κ2) is 9.63. The first kappa shape index (κ1) is 22.2. The summed E-state index contributed by atoms with van der Waals surface area (Å²) in [6, 6.07) is 11.7. The summed E-state index contributed by atoms with van der Waals surface area (Å²) in [5.41, 5.74) is 8.52. The quantitative estimate of drug-likeness (QED) is 0.592. The van der Waals surface area contributed by atoms with E-state index in [4.69, 9.17) is 15.2 Å². The van der Waals surface area contributed by atoms with Crippen LogP contribution in [0.1, 0.15) is 36.8 Å². The van der Waals surface area contributed by atoms with Gasteiger partial charge in [-0.25, -0.2) is 9.78 Å². The molecule has 2 unspecified atom stereocenters. The number of nitrogen functional groups attached to an aromatic ring is 1. The molecule has 0 spiro atoms. The van der Waals surface area contributed by atoms with Crippen LogP contribution in [0, 0.1) is 24.2 Å². The lowest BCUT2D eigenvalue weighted by molar-refractivity contribution is 0.0788. The summed E-state index contributed by atoms with van der Waals surface area (Å²) in [7, 11) is 0. The number of rotatable bonds is 8. The number of piperidine rings is 1. The van der Waals surface area contributed by atoms with E-state index in [0.717, 1.165) is 49.9 Å². The molecule has 2 aliphatic rings. The molecule has 1 aromatic carbocycles. The number of carbonyl (C=O) groups is 1. The summed E-state index contributed by atoms with van der Waals surface area (Å²) >= 11 is 0. The highest BCUT2D eigenvalue weighted by atomic mass is 16.6. The van der Waals surface area contributed by atoms with Crippen LogP contribution in [0.15, 0.2) is 55.3 Å². The molecule has 6 heteroatoms. The first-order valence-electron chi connectivity index (χ1n) is 11.4. The number of pyridine rings is 1. The molecule has 2 aromatic rings. The van der Waals surface area contributed by atoms with Crippen molar-refractivity contribution in [3.8, 4) is 5.88 Å². The lowest BCUT2D eigenvalue weighted by Crippen LogP contribution is -2.39. The zero-order valence-electron chi connectivity index (χ0n) is 18.8. The minimum Gasteiger partial charge on any atom is -0.477 e. The first-order chi connectivity index (χ1) is 15.5. The monoisotopic (exact) mass is 435 g/mol. The van der Waals surface area contributed by atoms with Crippen LogP contribution in [-0.2, 0) is 11.3 Å². The van der Waals surface area contributed by atoms with Gasteiger partial charge in [-0.1, -0.05) is 36.4 Å². The molecule has 2 heterocycles. The number of nitrogens with zero attached hydrogens (tertiary/aromatic N) is 2. The number of ether oxygens (including phenoxy) is 2. The summed E-state index contributed by atoms with van der Waals surface area (Å²) in [4.78, 5) is 18.6. The molecule has 1 amide bonds. The third-order valence-electron chi connectivity index (χ3n) is 7.01. The van der Waals surface area contributed by atoms with Gasteiger partial charge in [-0.05, 0) is 61.5 Å². The summed E-state index contributed by atoms with van der Waals surface area (Å²) in [5, 5.41) is 0. The summed E-state index contributed by atoms with van der Waals surface area (Å²) in [5.74, 6) is 1.88. The average molecular weight is 436 g/mol. The van der Waals surface area contributed by atoms with Crippen LogP contribution in [0.5, 0.6) is 5.88 Å². The fraction of sp³-hybridized carbons (Fsp3) is 0.462. The molecule has 4 rings (SSSR count). The van der Waals surface area contributed by atoms with Crippen molar-refractivity contribution in [1.29, 1.82) is 0 Å². The molecule has 6 nitrogen and oxygen atoms in total. The first-order valence-corrected chi connectivity index (χ1v) is 11.4. The van der Waals surface area contributed by atoms with Crippen LogP contribution < -0.4 is 10.5 Å². The zero-order chi connectivity index (χ0) is 22.6. The molecule has 1 saturated carbocycles. The average Bonchev–Trinajstić information content (AvgIpc) is 3.54. The molecule has 0 bridgehead atoms. The van der Waals surface area contributed by atoms with E-state index in [1.807, 2.05) is 48.2 Å². The van der Waals surface area contributed by atoms with Crippen molar-refractivity contribution in [3.63, 3.8) is 0 Å². The van der Waals surface area contributed by atoms with Crippen molar-refractivity contribution in [2.75, 3.05) is 25.4 Å². The fourth-order valence-electron chi connectivity index (χ4n) is 4.98. The van der Waals surface area contributed by atoms with E-state index in [9.17, 15) is 4.79 Å². The number of nitrogens with two attached hydrogens (primary N) is 1. The van der Waals surface area contributed by atoms with Crippen LogP contribution >= 0.6 is 0 Å². The van der Waals surface area contributed by atoms with E-state index >= 15 is 0 Å². The Morgan fingerprint density at radius 1 is 1.31 bits per heavy atom. The van der Waals surface area contributed by atoms with Crippen LogP contribution in [0.2, 0.25) is 0 Å². The number of aryl methyl sites for hydroxylation is 1. The van der Waals surface area contributed by atoms with Crippen molar-refractivity contribution >= 4 is 11.8 Å². The number of amides is 1. The largest absolute Gasteiger partial charge is 0.477 e. The number of benzene rings is 1. The van der Waals surface area contributed by atoms with Gasteiger partial charge in [0.05, 0.1) is 18.5 Å². The molecule has 2 atom stereocenters. The topological polar surface area (TPSA) is 77.7 Å².